The lowest BCUT2D eigenvalue weighted by molar-refractivity contribution is 0.668. The summed E-state index contributed by atoms with van der Waals surface area (Å²) in [6.45, 7) is 0. The number of hydrogen-bond donors (Lipinski definition) is 0. The molecule has 7 aromatic carbocycles. The highest BCUT2D eigenvalue weighted by molar-refractivity contribution is 6.17. The summed E-state index contributed by atoms with van der Waals surface area (Å²) in [4.78, 5) is 14.8. The molecule has 0 fully saturated rings. The maximum atomic E-state index is 6.67. The Hall–Kier alpha value is -7.63. The highest BCUT2D eigenvalue weighted by Gasteiger charge is 2.19. The second-order valence-electron chi connectivity index (χ2n) is 14.0. The molecule has 0 spiro atoms. The first-order valence-electron chi connectivity index (χ1n) is 18.7. The highest BCUT2D eigenvalue weighted by atomic mass is 16.3. The van der Waals surface area contributed by atoms with Crippen LogP contribution in [-0.4, -0.2) is 15.0 Å². The van der Waals surface area contributed by atoms with Gasteiger partial charge in [0.1, 0.15) is 22.3 Å². The summed E-state index contributed by atoms with van der Waals surface area (Å²) in [6.07, 6.45) is 1.82. The van der Waals surface area contributed by atoms with Crippen molar-refractivity contribution in [2.45, 2.75) is 0 Å². The third-order valence-corrected chi connectivity index (χ3v) is 10.6. The van der Waals surface area contributed by atoms with E-state index >= 15 is 0 Å². The molecule has 0 aliphatic heterocycles. The molecule has 11 rings (SSSR count). The van der Waals surface area contributed by atoms with E-state index in [2.05, 4.69) is 120 Å². The molecule has 0 N–H and O–H groups in total. The average molecular weight is 718 g/mol. The summed E-state index contributed by atoms with van der Waals surface area (Å²) in [5, 5.41) is 4.38. The fraction of sp³-hybridized carbons (Fsp3) is 0. The second-order valence-corrected chi connectivity index (χ2v) is 14.0. The number of aromatic nitrogens is 3. The quantitative estimate of drug-likeness (QED) is 0.171. The molecule has 5 heteroatoms. The number of rotatable bonds is 6. The first-order chi connectivity index (χ1) is 27.7. The lowest BCUT2D eigenvalue weighted by Crippen LogP contribution is -1.96. The maximum absolute atomic E-state index is 6.67. The van der Waals surface area contributed by atoms with E-state index in [9.17, 15) is 0 Å². The number of nitrogens with zero attached hydrogens (tertiary/aromatic N) is 3. The number of fused-ring (bicyclic) bond motifs is 6. The minimum Gasteiger partial charge on any atom is -0.456 e. The largest absolute Gasteiger partial charge is 0.456 e. The molecule has 0 bridgehead atoms. The van der Waals surface area contributed by atoms with Crippen molar-refractivity contribution in [1.29, 1.82) is 0 Å². The van der Waals surface area contributed by atoms with Crippen molar-refractivity contribution in [1.82, 2.24) is 15.0 Å². The van der Waals surface area contributed by atoms with Crippen molar-refractivity contribution in [3.8, 4) is 67.4 Å². The summed E-state index contributed by atoms with van der Waals surface area (Å²) in [6, 6.07) is 62.4. The standard InChI is InChI=1S/C51H31N3O2/c1-2-11-33(12-3-1)44-31-45(37-14-10-13-36(29-37)43-17-8-9-28-52-43)54-51(53-44)34-22-20-32(21-23-34)39-27-26-38(49-42-16-5-7-19-47(42)56-50(39)49)35-24-25-41-40-15-4-6-18-46(40)55-48(41)30-35/h1-31H. The van der Waals surface area contributed by atoms with Gasteiger partial charge in [-0.2, -0.15) is 0 Å². The lowest BCUT2D eigenvalue weighted by Gasteiger charge is -2.11. The Kier molecular flexibility index (Phi) is 7.42. The van der Waals surface area contributed by atoms with Crippen LogP contribution in [0.2, 0.25) is 0 Å². The molecular weight excluding hydrogens is 687 g/mol. The molecule has 11 aromatic rings. The molecule has 0 aliphatic rings. The van der Waals surface area contributed by atoms with Crippen molar-refractivity contribution < 1.29 is 8.83 Å². The van der Waals surface area contributed by atoms with E-state index in [1.807, 2.05) is 72.9 Å². The fourth-order valence-corrected chi connectivity index (χ4v) is 7.84. The van der Waals surface area contributed by atoms with E-state index in [-0.39, 0.29) is 0 Å². The summed E-state index contributed by atoms with van der Waals surface area (Å²) in [5.74, 6) is 0.654. The second kappa shape index (κ2) is 13.0. The topological polar surface area (TPSA) is 65.0 Å². The highest BCUT2D eigenvalue weighted by Crippen LogP contribution is 2.43. The Morgan fingerprint density at radius 3 is 1.77 bits per heavy atom. The van der Waals surface area contributed by atoms with Gasteiger partial charge in [-0.1, -0.05) is 127 Å². The van der Waals surface area contributed by atoms with Crippen molar-refractivity contribution in [3.05, 3.63) is 188 Å². The molecule has 0 aliphatic carbocycles. The molecular formula is C51H31N3O2. The summed E-state index contributed by atoms with van der Waals surface area (Å²) in [7, 11) is 0. The van der Waals surface area contributed by atoms with Crippen molar-refractivity contribution >= 4 is 43.9 Å². The molecule has 56 heavy (non-hydrogen) atoms. The molecule has 0 saturated carbocycles. The molecule has 0 atom stereocenters. The average Bonchev–Trinajstić information content (AvgIpc) is 3.85. The Bertz CT molecular complexity index is 3240. The minimum atomic E-state index is 0.654. The Balaban J connectivity index is 1.01. The summed E-state index contributed by atoms with van der Waals surface area (Å²) >= 11 is 0. The van der Waals surface area contributed by atoms with Gasteiger partial charge in [0.05, 0.1) is 17.1 Å². The number of pyridine rings is 1. The zero-order valence-corrected chi connectivity index (χ0v) is 30.1. The predicted octanol–water partition coefficient (Wildman–Crippen LogP) is 13.7. The van der Waals surface area contributed by atoms with Crippen LogP contribution in [0.15, 0.2) is 197 Å². The van der Waals surface area contributed by atoms with Gasteiger partial charge in [0.15, 0.2) is 5.82 Å². The molecule has 5 nitrogen and oxygen atoms in total. The Morgan fingerprint density at radius 2 is 0.964 bits per heavy atom. The number of furan rings is 2. The smallest absolute Gasteiger partial charge is 0.160 e. The van der Waals surface area contributed by atoms with Gasteiger partial charge in [0.25, 0.3) is 0 Å². The molecule has 0 unspecified atom stereocenters. The third-order valence-electron chi connectivity index (χ3n) is 10.6. The number of hydrogen-bond acceptors (Lipinski definition) is 5. The molecule has 262 valence electrons. The summed E-state index contributed by atoms with van der Waals surface area (Å²) in [5.41, 5.74) is 14.3. The van der Waals surface area contributed by atoms with E-state index in [0.29, 0.717) is 5.82 Å². The van der Waals surface area contributed by atoms with Crippen LogP contribution in [0.4, 0.5) is 0 Å². The van der Waals surface area contributed by atoms with Gasteiger partial charge in [-0.3, -0.25) is 4.98 Å². The van der Waals surface area contributed by atoms with Crippen LogP contribution < -0.4 is 0 Å². The first-order valence-corrected chi connectivity index (χ1v) is 18.7. The van der Waals surface area contributed by atoms with Crippen LogP contribution in [0.3, 0.4) is 0 Å². The van der Waals surface area contributed by atoms with Gasteiger partial charge in [-0.25, -0.2) is 9.97 Å². The molecule has 4 heterocycles. The van der Waals surface area contributed by atoms with Crippen molar-refractivity contribution in [2.75, 3.05) is 0 Å². The zero-order valence-electron chi connectivity index (χ0n) is 30.1. The molecule has 0 radical (unpaired) electrons. The minimum absolute atomic E-state index is 0.654. The van der Waals surface area contributed by atoms with Crippen LogP contribution >= 0.6 is 0 Å². The molecule has 4 aromatic heterocycles. The van der Waals surface area contributed by atoms with E-state index in [4.69, 9.17) is 18.8 Å². The SMILES string of the molecule is c1ccc(-c2cc(-c3cccc(-c4ccccn4)c3)nc(-c3ccc(-c4ccc(-c5ccc6c(c5)oc5ccccc56)c5c4oc4ccccc45)cc3)n2)cc1. The van der Waals surface area contributed by atoms with Crippen LogP contribution in [0.25, 0.3) is 111 Å². The Labute approximate surface area is 322 Å². The van der Waals surface area contributed by atoms with Crippen LogP contribution in [0.1, 0.15) is 0 Å². The van der Waals surface area contributed by atoms with Gasteiger partial charge in [0, 0.05) is 55.6 Å². The zero-order chi connectivity index (χ0) is 37.0. The van der Waals surface area contributed by atoms with Gasteiger partial charge < -0.3 is 8.83 Å². The third kappa shape index (κ3) is 5.45. The monoisotopic (exact) mass is 717 g/mol. The van der Waals surface area contributed by atoms with E-state index < -0.39 is 0 Å². The van der Waals surface area contributed by atoms with Gasteiger partial charge in [-0.15, -0.1) is 0 Å². The fourth-order valence-electron chi connectivity index (χ4n) is 7.84. The van der Waals surface area contributed by atoms with E-state index in [1.54, 1.807) is 0 Å². The summed E-state index contributed by atoms with van der Waals surface area (Å²) < 4.78 is 13.0. The number of benzene rings is 7. The van der Waals surface area contributed by atoms with Gasteiger partial charge in [-0.05, 0) is 71.3 Å². The van der Waals surface area contributed by atoms with Crippen molar-refractivity contribution in [2.24, 2.45) is 0 Å². The predicted molar refractivity (Wildman–Crippen MR) is 227 cm³/mol. The van der Waals surface area contributed by atoms with E-state index in [1.165, 1.54) is 0 Å². The van der Waals surface area contributed by atoms with Crippen LogP contribution in [0, 0.1) is 0 Å². The Morgan fingerprint density at radius 1 is 0.339 bits per heavy atom. The van der Waals surface area contributed by atoms with Crippen LogP contribution in [0.5, 0.6) is 0 Å². The van der Waals surface area contributed by atoms with Gasteiger partial charge >= 0.3 is 0 Å². The van der Waals surface area contributed by atoms with Gasteiger partial charge in [0.2, 0.25) is 0 Å². The lowest BCUT2D eigenvalue weighted by atomic mass is 9.94. The van der Waals surface area contributed by atoms with Crippen LogP contribution in [-0.2, 0) is 0 Å². The van der Waals surface area contributed by atoms with E-state index in [0.717, 1.165) is 105 Å². The molecule has 0 saturated heterocycles. The first kappa shape index (κ1) is 31.9. The molecule has 0 amide bonds. The number of para-hydroxylation sites is 2. The van der Waals surface area contributed by atoms with Crippen molar-refractivity contribution in [3.63, 3.8) is 0 Å². The normalized spacial score (nSPS) is 11.6. The maximum Gasteiger partial charge on any atom is 0.160 e.